The summed E-state index contributed by atoms with van der Waals surface area (Å²) in [7, 11) is 2.21. The Bertz CT molecular complexity index is 1060. The highest BCUT2D eigenvalue weighted by molar-refractivity contribution is 9.11. The molecule has 1 saturated heterocycles. The fraction of sp³-hybridized carbons (Fsp3) is 0.333. The first-order valence-corrected chi connectivity index (χ1v) is 13.4. The summed E-state index contributed by atoms with van der Waals surface area (Å²) in [6, 6.07) is 15.4. The maximum Gasteiger partial charge on any atom is 0.0333 e. The van der Waals surface area contributed by atoms with E-state index in [-0.39, 0.29) is 0 Å². The van der Waals surface area contributed by atoms with E-state index in [4.69, 9.17) is 0 Å². The lowest BCUT2D eigenvalue weighted by Gasteiger charge is -2.32. The number of piperazine rings is 1. The number of hydrogen-bond donors (Lipinski definition) is 0. The van der Waals surface area contributed by atoms with Crippen LogP contribution in [0.4, 0.5) is 0 Å². The van der Waals surface area contributed by atoms with Crippen LogP contribution < -0.4 is 0 Å². The Morgan fingerprint density at radius 1 is 0.767 bits per heavy atom. The highest BCUT2D eigenvalue weighted by atomic mass is 79.9. The zero-order chi connectivity index (χ0) is 21.3. The van der Waals surface area contributed by atoms with Crippen LogP contribution in [-0.2, 0) is 6.42 Å². The van der Waals surface area contributed by atoms with Gasteiger partial charge in [-0.1, -0.05) is 59.9 Å². The van der Waals surface area contributed by atoms with Gasteiger partial charge in [-0.05, 0) is 100 Å². The molecular weight excluding hydrogens is 636 g/mol. The van der Waals surface area contributed by atoms with Crippen molar-refractivity contribution in [3.8, 4) is 11.1 Å². The van der Waals surface area contributed by atoms with E-state index in [2.05, 4.69) is 117 Å². The molecule has 3 aromatic rings. The molecule has 0 N–H and O–H groups in total. The molecule has 3 aromatic carbocycles. The second-order valence-electron chi connectivity index (χ2n) is 7.97. The zero-order valence-electron chi connectivity index (χ0n) is 16.9. The molecule has 0 unspecified atom stereocenters. The maximum absolute atomic E-state index is 3.88. The first-order chi connectivity index (χ1) is 14.4. The van der Waals surface area contributed by atoms with Crippen LogP contribution in [0.2, 0.25) is 0 Å². The van der Waals surface area contributed by atoms with Crippen LogP contribution in [0, 0.1) is 0 Å². The van der Waals surface area contributed by atoms with Gasteiger partial charge in [0.2, 0.25) is 0 Å². The lowest BCUT2D eigenvalue weighted by molar-refractivity contribution is 0.153. The fourth-order valence-electron chi connectivity index (χ4n) is 4.03. The van der Waals surface area contributed by atoms with Gasteiger partial charge in [-0.15, -0.1) is 0 Å². The number of fused-ring (bicyclic) bond motifs is 1. The number of benzene rings is 3. The van der Waals surface area contributed by atoms with E-state index in [0.717, 1.165) is 29.9 Å². The SMILES string of the molecule is CN1CCN(CCCc2ccc3c(Br)c(-c4cc(Br)ccc4Br)cc(Br)c3c2)CC1. The van der Waals surface area contributed by atoms with Gasteiger partial charge in [0.05, 0.1) is 0 Å². The topological polar surface area (TPSA) is 6.48 Å². The van der Waals surface area contributed by atoms with Crippen molar-refractivity contribution in [2.24, 2.45) is 0 Å². The van der Waals surface area contributed by atoms with Gasteiger partial charge in [0, 0.05) is 44.1 Å². The molecule has 2 nitrogen and oxygen atoms in total. The van der Waals surface area contributed by atoms with Crippen LogP contribution in [0.5, 0.6) is 0 Å². The van der Waals surface area contributed by atoms with Crippen molar-refractivity contribution in [2.75, 3.05) is 39.8 Å². The van der Waals surface area contributed by atoms with Crippen molar-refractivity contribution >= 4 is 74.5 Å². The van der Waals surface area contributed by atoms with Crippen LogP contribution in [-0.4, -0.2) is 49.6 Å². The lowest BCUT2D eigenvalue weighted by atomic mass is 9.98. The summed E-state index contributed by atoms with van der Waals surface area (Å²) in [5.74, 6) is 0. The largest absolute Gasteiger partial charge is 0.304 e. The van der Waals surface area contributed by atoms with Crippen molar-refractivity contribution in [3.63, 3.8) is 0 Å². The van der Waals surface area contributed by atoms with Crippen LogP contribution in [0.25, 0.3) is 21.9 Å². The van der Waals surface area contributed by atoms with E-state index < -0.39 is 0 Å². The fourth-order valence-corrected chi connectivity index (χ4v) is 6.08. The van der Waals surface area contributed by atoms with E-state index in [0.29, 0.717) is 0 Å². The second kappa shape index (κ2) is 10.1. The average Bonchev–Trinajstić information content (AvgIpc) is 2.74. The predicted octanol–water partition coefficient (Wildman–Crippen LogP) is 7.74. The molecule has 158 valence electrons. The van der Waals surface area contributed by atoms with Gasteiger partial charge in [-0.2, -0.15) is 0 Å². The minimum Gasteiger partial charge on any atom is -0.304 e. The number of rotatable bonds is 5. The molecule has 0 spiro atoms. The third-order valence-corrected chi connectivity index (χ3v) is 8.53. The van der Waals surface area contributed by atoms with Crippen LogP contribution in [0.1, 0.15) is 12.0 Å². The van der Waals surface area contributed by atoms with Gasteiger partial charge in [0.15, 0.2) is 0 Å². The molecule has 0 amide bonds. The molecule has 0 radical (unpaired) electrons. The standard InChI is InChI=1S/C24H24Br4N2/c1-29-9-11-30(12-10-29)8-2-3-16-4-6-18-19(13-16)23(27)15-21(24(18)28)20-14-17(25)5-7-22(20)26/h4-7,13-15H,2-3,8-12H2,1H3. The smallest absolute Gasteiger partial charge is 0.0333 e. The molecule has 0 bridgehead atoms. The lowest BCUT2D eigenvalue weighted by Crippen LogP contribution is -2.44. The summed E-state index contributed by atoms with van der Waals surface area (Å²) in [4.78, 5) is 5.01. The molecule has 0 aromatic heterocycles. The summed E-state index contributed by atoms with van der Waals surface area (Å²) in [6.45, 7) is 5.95. The van der Waals surface area contributed by atoms with Crippen LogP contribution >= 0.6 is 63.7 Å². The highest BCUT2D eigenvalue weighted by Gasteiger charge is 2.15. The molecular formula is C24H24Br4N2. The van der Waals surface area contributed by atoms with E-state index >= 15 is 0 Å². The summed E-state index contributed by atoms with van der Waals surface area (Å²) >= 11 is 15.0. The Hall–Kier alpha value is -0.240. The maximum atomic E-state index is 3.88. The number of halogens is 4. The Morgan fingerprint density at radius 3 is 2.30 bits per heavy atom. The first-order valence-electron chi connectivity index (χ1n) is 10.2. The summed E-state index contributed by atoms with van der Waals surface area (Å²) in [5, 5.41) is 2.49. The molecule has 0 aliphatic carbocycles. The van der Waals surface area contributed by atoms with Crippen molar-refractivity contribution in [1.29, 1.82) is 0 Å². The number of likely N-dealkylation sites (N-methyl/N-ethyl adjacent to an activating group) is 1. The predicted molar refractivity (Wildman–Crippen MR) is 142 cm³/mol. The van der Waals surface area contributed by atoms with Crippen molar-refractivity contribution in [3.05, 3.63) is 65.9 Å². The third-order valence-electron chi connectivity index (χ3n) is 5.84. The number of nitrogens with zero attached hydrogens (tertiary/aromatic N) is 2. The summed E-state index contributed by atoms with van der Waals surface area (Å²) in [6.07, 6.45) is 2.32. The first kappa shape index (κ1) is 22.9. The summed E-state index contributed by atoms with van der Waals surface area (Å²) in [5.41, 5.74) is 3.74. The molecule has 1 heterocycles. The molecule has 4 rings (SSSR count). The Kier molecular flexibility index (Phi) is 7.75. The Labute approximate surface area is 212 Å². The monoisotopic (exact) mass is 656 g/mol. The van der Waals surface area contributed by atoms with Gasteiger partial charge < -0.3 is 9.80 Å². The second-order valence-corrected chi connectivity index (χ2v) is 11.4. The minimum atomic E-state index is 1.07. The van der Waals surface area contributed by atoms with Crippen LogP contribution in [0.3, 0.4) is 0 Å². The Balaban J connectivity index is 1.55. The van der Waals surface area contributed by atoms with Crippen molar-refractivity contribution in [1.82, 2.24) is 9.80 Å². The van der Waals surface area contributed by atoms with E-state index in [1.807, 2.05) is 6.07 Å². The zero-order valence-corrected chi connectivity index (χ0v) is 23.2. The van der Waals surface area contributed by atoms with E-state index in [1.54, 1.807) is 0 Å². The summed E-state index contributed by atoms with van der Waals surface area (Å²) < 4.78 is 4.41. The van der Waals surface area contributed by atoms with Crippen LogP contribution in [0.15, 0.2) is 60.4 Å². The average molecular weight is 660 g/mol. The van der Waals surface area contributed by atoms with Crippen molar-refractivity contribution in [2.45, 2.75) is 12.8 Å². The molecule has 1 fully saturated rings. The Morgan fingerprint density at radius 2 is 1.53 bits per heavy atom. The number of aryl methyl sites for hydroxylation is 1. The quantitative estimate of drug-likeness (QED) is 0.277. The molecule has 6 heteroatoms. The normalized spacial score (nSPS) is 15.8. The van der Waals surface area contributed by atoms with Gasteiger partial charge in [0.1, 0.15) is 0 Å². The third kappa shape index (κ3) is 5.21. The van der Waals surface area contributed by atoms with Crippen molar-refractivity contribution < 1.29 is 0 Å². The van der Waals surface area contributed by atoms with E-state index in [9.17, 15) is 0 Å². The van der Waals surface area contributed by atoms with Gasteiger partial charge in [-0.3, -0.25) is 0 Å². The van der Waals surface area contributed by atoms with E-state index in [1.165, 1.54) is 61.0 Å². The number of hydrogen-bond acceptors (Lipinski definition) is 2. The van der Waals surface area contributed by atoms with Gasteiger partial charge in [0.25, 0.3) is 0 Å². The highest BCUT2D eigenvalue weighted by Crippen LogP contribution is 2.42. The van der Waals surface area contributed by atoms with Gasteiger partial charge in [-0.25, -0.2) is 0 Å². The molecule has 30 heavy (non-hydrogen) atoms. The molecule has 0 saturated carbocycles. The van der Waals surface area contributed by atoms with Gasteiger partial charge >= 0.3 is 0 Å². The molecule has 0 atom stereocenters. The minimum absolute atomic E-state index is 1.07. The molecule has 1 aliphatic rings. The molecule has 1 aliphatic heterocycles.